The fourth-order valence-electron chi connectivity index (χ4n) is 0. The van der Waals surface area contributed by atoms with Crippen molar-refractivity contribution in [2.45, 2.75) is 0 Å². The summed E-state index contributed by atoms with van der Waals surface area (Å²) < 4.78 is 0. The summed E-state index contributed by atoms with van der Waals surface area (Å²) in [6, 6.07) is 0. The van der Waals surface area contributed by atoms with Crippen LogP contribution in [0.4, 0.5) is 0 Å². The quantitative estimate of drug-likeness (QED) is 0.308. The predicted octanol–water partition coefficient (Wildman–Crippen LogP) is -5.35. The minimum absolute atomic E-state index is 0. The van der Waals surface area contributed by atoms with Crippen LogP contribution < -0.4 is 49.4 Å². The molecule has 7 heavy (non-hydrogen) atoms. The van der Waals surface area contributed by atoms with Gasteiger partial charge in [-0.3, -0.25) is 0 Å². The maximum atomic E-state index is 0. The molecule has 0 rings (SSSR count). The monoisotopic (exact) mass is 197 g/mol. The largest absolute Gasteiger partial charge is 3.00 e. The molecule has 0 aliphatic rings. The van der Waals surface area contributed by atoms with Gasteiger partial charge in [-0.05, 0) is 0 Å². The van der Waals surface area contributed by atoms with Gasteiger partial charge in [0.1, 0.15) is 0 Å². The molecular formula is H12Cl2CoN4+. The maximum Gasteiger partial charge on any atom is 3.00 e. The van der Waals surface area contributed by atoms with Crippen molar-refractivity contribution < 1.29 is 41.6 Å². The van der Waals surface area contributed by atoms with E-state index in [9.17, 15) is 0 Å². The van der Waals surface area contributed by atoms with E-state index in [0.29, 0.717) is 0 Å². The molecule has 0 radical (unpaired) electrons. The molecule has 0 bridgehead atoms. The third-order valence-electron chi connectivity index (χ3n) is 0. The summed E-state index contributed by atoms with van der Waals surface area (Å²) in [4.78, 5) is 0. The molecule has 0 saturated carbocycles. The average molecular weight is 198 g/mol. The van der Waals surface area contributed by atoms with E-state index in [1.165, 1.54) is 0 Å². The standard InChI is InChI=1S/2ClH.Co.4H3N/h2*1H;;4*1H3/q;;+3;;;;/p-2. The van der Waals surface area contributed by atoms with Gasteiger partial charge in [0, 0.05) is 0 Å². The van der Waals surface area contributed by atoms with Crippen molar-refractivity contribution in [3.05, 3.63) is 0 Å². The van der Waals surface area contributed by atoms with Crippen LogP contribution in [0.25, 0.3) is 0 Å². The van der Waals surface area contributed by atoms with Gasteiger partial charge < -0.3 is 49.4 Å². The molecule has 0 fully saturated rings. The Kier molecular flexibility index (Phi) is 17900. The van der Waals surface area contributed by atoms with Crippen molar-refractivity contribution in [3.8, 4) is 0 Å². The van der Waals surface area contributed by atoms with Crippen LogP contribution in [0, 0.1) is 0 Å². The summed E-state index contributed by atoms with van der Waals surface area (Å²) in [5, 5.41) is 0. The SMILES string of the molecule is N.N.N.N.[Cl-].[Cl-].[Co+3]. The summed E-state index contributed by atoms with van der Waals surface area (Å²) in [5.74, 6) is 0. The number of halogens is 2. The van der Waals surface area contributed by atoms with Crippen LogP contribution in [0.3, 0.4) is 0 Å². The van der Waals surface area contributed by atoms with E-state index in [2.05, 4.69) is 0 Å². The van der Waals surface area contributed by atoms with E-state index >= 15 is 0 Å². The van der Waals surface area contributed by atoms with Crippen molar-refractivity contribution in [1.82, 2.24) is 24.6 Å². The van der Waals surface area contributed by atoms with Crippen LogP contribution in [0.5, 0.6) is 0 Å². The Bertz CT molecular complexity index is 9.65. The molecule has 54 valence electrons. The third kappa shape index (κ3) is 196. The van der Waals surface area contributed by atoms with E-state index in [0.717, 1.165) is 0 Å². The Morgan fingerprint density at radius 3 is 0.429 bits per heavy atom. The van der Waals surface area contributed by atoms with Gasteiger partial charge in [0.05, 0.1) is 0 Å². The molecule has 12 N–H and O–H groups in total. The predicted molar refractivity (Wildman–Crippen MR) is 20.1 cm³/mol. The van der Waals surface area contributed by atoms with Gasteiger partial charge in [0.25, 0.3) is 0 Å². The van der Waals surface area contributed by atoms with Crippen molar-refractivity contribution in [3.63, 3.8) is 0 Å². The van der Waals surface area contributed by atoms with Crippen LogP contribution in [-0.4, -0.2) is 0 Å². The first kappa shape index (κ1) is 443. The zero-order valence-electron chi connectivity index (χ0n) is 3.92. The molecule has 0 saturated heterocycles. The summed E-state index contributed by atoms with van der Waals surface area (Å²) in [7, 11) is 0. The second-order valence-corrected chi connectivity index (χ2v) is 0. The zero-order chi connectivity index (χ0) is 0. The molecule has 7 heteroatoms. The van der Waals surface area contributed by atoms with Crippen LogP contribution in [0.2, 0.25) is 0 Å². The smallest absolute Gasteiger partial charge is 1.00 e. The third-order valence-corrected chi connectivity index (χ3v) is 0. The molecule has 0 unspecified atom stereocenters. The van der Waals surface area contributed by atoms with Gasteiger partial charge in [-0.2, -0.15) is 0 Å². The Hall–Kier alpha value is 0.926. The second-order valence-electron chi connectivity index (χ2n) is 0. The Morgan fingerprint density at radius 1 is 0.429 bits per heavy atom. The minimum atomic E-state index is 0. The molecule has 0 atom stereocenters. The van der Waals surface area contributed by atoms with Gasteiger partial charge >= 0.3 is 16.8 Å². The number of hydrogen-bond donors (Lipinski definition) is 4. The van der Waals surface area contributed by atoms with Gasteiger partial charge in [0.15, 0.2) is 0 Å². The van der Waals surface area contributed by atoms with E-state index in [1.54, 1.807) is 0 Å². The fraction of sp³-hybridized carbons (Fsp3) is 0. The molecule has 0 spiro atoms. The average Bonchev–Trinajstić information content (AvgIpc) is 0. The van der Waals surface area contributed by atoms with Gasteiger partial charge in [-0.25, -0.2) is 0 Å². The van der Waals surface area contributed by atoms with Gasteiger partial charge in [-0.1, -0.05) is 0 Å². The van der Waals surface area contributed by atoms with Crippen molar-refractivity contribution in [2.75, 3.05) is 0 Å². The van der Waals surface area contributed by atoms with E-state index < -0.39 is 0 Å². The van der Waals surface area contributed by atoms with Crippen molar-refractivity contribution in [2.24, 2.45) is 0 Å². The van der Waals surface area contributed by atoms with Crippen LogP contribution in [0.15, 0.2) is 0 Å². The Labute approximate surface area is 66.5 Å². The zero-order valence-corrected chi connectivity index (χ0v) is 6.47. The summed E-state index contributed by atoms with van der Waals surface area (Å²) >= 11 is 0. The minimum Gasteiger partial charge on any atom is -1.00 e. The molecule has 0 aromatic rings. The van der Waals surface area contributed by atoms with E-state index in [1.807, 2.05) is 0 Å². The topological polar surface area (TPSA) is 140 Å². The second kappa shape index (κ2) is 283. The van der Waals surface area contributed by atoms with Crippen molar-refractivity contribution in [1.29, 1.82) is 0 Å². The number of hydrogen-bond acceptors (Lipinski definition) is 4. The van der Waals surface area contributed by atoms with Gasteiger partial charge in [0.2, 0.25) is 0 Å². The van der Waals surface area contributed by atoms with Crippen LogP contribution in [0.1, 0.15) is 0 Å². The molecule has 0 amide bonds. The molecule has 0 aromatic heterocycles. The Morgan fingerprint density at radius 2 is 0.429 bits per heavy atom. The van der Waals surface area contributed by atoms with E-state index in [-0.39, 0.29) is 66.2 Å². The first-order chi connectivity index (χ1) is 0. The first-order valence-corrected chi connectivity index (χ1v) is 0. The summed E-state index contributed by atoms with van der Waals surface area (Å²) in [5.41, 5.74) is 0. The Balaban J connectivity index is 0. The maximum absolute atomic E-state index is 0. The first-order valence-electron chi connectivity index (χ1n) is 0. The van der Waals surface area contributed by atoms with Crippen molar-refractivity contribution >= 4 is 0 Å². The summed E-state index contributed by atoms with van der Waals surface area (Å²) in [6.45, 7) is 0. The van der Waals surface area contributed by atoms with Crippen LogP contribution >= 0.6 is 0 Å². The number of rotatable bonds is 0. The molecule has 4 nitrogen and oxygen atoms in total. The molecule has 0 heterocycles. The normalized spacial score (nSPS) is 0. The molecule has 0 aliphatic heterocycles. The van der Waals surface area contributed by atoms with E-state index in [4.69, 9.17) is 0 Å². The van der Waals surface area contributed by atoms with Crippen LogP contribution in [-0.2, 0) is 16.8 Å². The fourth-order valence-corrected chi connectivity index (χ4v) is 0. The van der Waals surface area contributed by atoms with Gasteiger partial charge in [-0.15, -0.1) is 0 Å². The molecular weight excluding hydrogens is 186 g/mol. The summed E-state index contributed by atoms with van der Waals surface area (Å²) in [6.07, 6.45) is 0. The molecule has 0 aliphatic carbocycles. The molecule has 0 aromatic carbocycles.